The minimum absolute atomic E-state index is 0.00639. The zero-order valence-electron chi connectivity index (χ0n) is 8.91. The van der Waals surface area contributed by atoms with Crippen LogP contribution >= 0.6 is 0 Å². The minimum Gasteiger partial charge on any atom is -0.459 e. The lowest BCUT2D eigenvalue weighted by Gasteiger charge is -2.41. The van der Waals surface area contributed by atoms with Gasteiger partial charge in [-0.05, 0) is 13.8 Å². The van der Waals surface area contributed by atoms with Gasteiger partial charge in [0.25, 0.3) is 0 Å². The third kappa shape index (κ3) is 2.69. The Hall–Kier alpha value is -0.570. The second-order valence-electron chi connectivity index (χ2n) is 4.26. The molecule has 0 spiro atoms. The van der Waals surface area contributed by atoms with Crippen molar-refractivity contribution in [3.05, 3.63) is 0 Å². The lowest BCUT2D eigenvalue weighted by Crippen LogP contribution is -2.55. The van der Waals surface area contributed by atoms with Crippen LogP contribution in [0.2, 0.25) is 0 Å². The van der Waals surface area contributed by atoms with Crippen molar-refractivity contribution in [2.75, 3.05) is 13.1 Å². The Bertz CT molecular complexity index is 183. The molecule has 0 aromatic carbocycles. The summed E-state index contributed by atoms with van der Waals surface area (Å²) in [4.78, 5) is 13.5. The van der Waals surface area contributed by atoms with Crippen molar-refractivity contribution in [2.24, 2.45) is 5.92 Å². The molecule has 1 heterocycles. The molecule has 1 saturated heterocycles. The van der Waals surface area contributed by atoms with Crippen LogP contribution in [0.25, 0.3) is 0 Å². The molecule has 0 radical (unpaired) electrons. The monoisotopic (exact) mass is 185 g/mol. The molecule has 3 heteroatoms. The van der Waals surface area contributed by atoms with Gasteiger partial charge in [-0.3, -0.25) is 9.69 Å². The van der Waals surface area contributed by atoms with Gasteiger partial charge in [0.1, 0.15) is 6.10 Å². The normalized spacial score (nSPS) is 19.2. The molecule has 0 unspecified atom stereocenters. The molecule has 0 aromatic rings. The zero-order chi connectivity index (χ0) is 10.0. The number of hydrogen-bond donors (Lipinski definition) is 0. The highest BCUT2D eigenvalue weighted by molar-refractivity contribution is 5.71. The van der Waals surface area contributed by atoms with Gasteiger partial charge in [-0.25, -0.2) is 0 Å². The van der Waals surface area contributed by atoms with Gasteiger partial charge in [-0.15, -0.1) is 0 Å². The summed E-state index contributed by atoms with van der Waals surface area (Å²) in [6.45, 7) is 9.83. The van der Waals surface area contributed by atoms with Gasteiger partial charge >= 0.3 is 5.97 Å². The number of esters is 1. The molecule has 0 bridgehead atoms. The van der Waals surface area contributed by atoms with E-state index in [1.54, 1.807) is 0 Å². The van der Waals surface area contributed by atoms with Crippen molar-refractivity contribution >= 4 is 5.97 Å². The summed E-state index contributed by atoms with van der Waals surface area (Å²) in [6, 6.07) is 0.564. The minimum atomic E-state index is -0.0755. The lowest BCUT2D eigenvalue weighted by molar-refractivity contribution is -0.162. The van der Waals surface area contributed by atoms with E-state index in [-0.39, 0.29) is 18.0 Å². The summed E-state index contributed by atoms with van der Waals surface area (Å²) >= 11 is 0. The van der Waals surface area contributed by atoms with Crippen LogP contribution in [0.15, 0.2) is 0 Å². The van der Waals surface area contributed by atoms with E-state index in [1.807, 2.05) is 13.8 Å². The number of rotatable bonds is 3. The molecule has 0 aliphatic carbocycles. The lowest BCUT2D eigenvalue weighted by atomic mass is 10.1. The van der Waals surface area contributed by atoms with E-state index in [0.29, 0.717) is 6.04 Å². The first-order valence-electron chi connectivity index (χ1n) is 4.95. The molecular weight excluding hydrogens is 166 g/mol. The van der Waals surface area contributed by atoms with Crippen LogP contribution in [0.5, 0.6) is 0 Å². The van der Waals surface area contributed by atoms with Crippen LogP contribution in [0.1, 0.15) is 27.7 Å². The first kappa shape index (κ1) is 10.5. The van der Waals surface area contributed by atoms with Gasteiger partial charge in [0.05, 0.1) is 5.92 Å². The van der Waals surface area contributed by atoms with E-state index in [2.05, 4.69) is 18.7 Å². The number of carbonyl (C=O) groups excluding carboxylic acids is 1. The molecule has 1 aliphatic rings. The Morgan fingerprint density at radius 2 is 1.85 bits per heavy atom. The summed E-state index contributed by atoms with van der Waals surface area (Å²) in [5, 5.41) is 0. The Morgan fingerprint density at radius 3 is 2.23 bits per heavy atom. The average Bonchev–Trinajstić information content (AvgIpc) is 1.94. The Morgan fingerprint density at radius 1 is 1.31 bits per heavy atom. The molecule has 0 saturated carbocycles. The molecule has 1 aliphatic heterocycles. The third-order valence-electron chi connectivity index (χ3n) is 2.36. The molecule has 1 rings (SSSR count). The molecule has 3 nitrogen and oxygen atoms in total. The number of nitrogens with zero attached hydrogens (tertiary/aromatic N) is 1. The summed E-state index contributed by atoms with van der Waals surface area (Å²) < 4.78 is 5.25. The topological polar surface area (TPSA) is 29.5 Å². The van der Waals surface area contributed by atoms with E-state index in [1.165, 1.54) is 0 Å². The fraction of sp³-hybridized carbons (Fsp3) is 0.900. The smallest absolute Gasteiger partial charge is 0.308 e. The number of likely N-dealkylation sites (tertiary alicyclic amines) is 1. The van der Waals surface area contributed by atoms with Crippen LogP contribution in [-0.4, -0.2) is 36.1 Å². The molecule has 1 fully saturated rings. The van der Waals surface area contributed by atoms with Crippen LogP contribution in [0.3, 0.4) is 0 Å². The van der Waals surface area contributed by atoms with Crippen molar-refractivity contribution in [2.45, 2.75) is 39.8 Å². The van der Waals surface area contributed by atoms with Crippen molar-refractivity contribution in [1.29, 1.82) is 0 Å². The zero-order valence-corrected chi connectivity index (χ0v) is 8.91. The van der Waals surface area contributed by atoms with Crippen molar-refractivity contribution in [3.63, 3.8) is 0 Å². The number of ether oxygens (including phenoxy) is 1. The maximum Gasteiger partial charge on any atom is 0.308 e. The van der Waals surface area contributed by atoms with E-state index >= 15 is 0 Å². The fourth-order valence-electron chi connectivity index (χ4n) is 1.27. The summed E-state index contributed by atoms with van der Waals surface area (Å²) in [5.41, 5.74) is 0. The Kier molecular flexibility index (Phi) is 3.31. The van der Waals surface area contributed by atoms with E-state index in [0.717, 1.165) is 13.1 Å². The van der Waals surface area contributed by atoms with Crippen LogP contribution in [-0.2, 0) is 9.53 Å². The van der Waals surface area contributed by atoms with E-state index in [4.69, 9.17) is 4.74 Å². The van der Waals surface area contributed by atoms with Crippen LogP contribution in [0.4, 0.5) is 0 Å². The molecule has 0 aromatic heterocycles. The quantitative estimate of drug-likeness (QED) is 0.620. The Balaban J connectivity index is 2.18. The average molecular weight is 185 g/mol. The van der Waals surface area contributed by atoms with Crippen molar-refractivity contribution < 1.29 is 9.53 Å². The predicted molar refractivity (Wildman–Crippen MR) is 51.4 cm³/mol. The molecule has 76 valence electrons. The molecule has 13 heavy (non-hydrogen) atoms. The molecule has 0 atom stereocenters. The molecule has 0 amide bonds. The van der Waals surface area contributed by atoms with Crippen LogP contribution in [0, 0.1) is 5.92 Å². The van der Waals surface area contributed by atoms with Gasteiger partial charge in [-0.1, -0.05) is 13.8 Å². The third-order valence-corrected chi connectivity index (χ3v) is 2.36. The van der Waals surface area contributed by atoms with Crippen LogP contribution < -0.4 is 0 Å². The summed E-state index contributed by atoms with van der Waals surface area (Å²) in [6.07, 6.45) is 0.136. The SMILES string of the molecule is CC(C)C(=O)OC1CN(C(C)C)C1. The highest BCUT2D eigenvalue weighted by Crippen LogP contribution is 2.16. The van der Waals surface area contributed by atoms with Gasteiger partial charge in [-0.2, -0.15) is 0 Å². The summed E-state index contributed by atoms with van der Waals surface area (Å²) in [7, 11) is 0. The first-order chi connectivity index (χ1) is 6.00. The number of hydrogen-bond acceptors (Lipinski definition) is 3. The van der Waals surface area contributed by atoms with Gasteiger partial charge in [0.2, 0.25) is 0 Å². The maximum atomic E-state index is 11.2. The Labute approximate surface area is 80.1 Å². The highest BCUT2D eigenvalue weighted by Gasteiger charge is 2.31. The maximum absolute atomic E-state index is 11.2. The van der Waals surface area contributed by atoms with Gasteiger partial charge in [0.15, 0.2) is 0 Å². The van der Waals surface area contributed by atoms with Crippen molar-refractivity contribution in [3.8, 4) is 0 Å². The second kappa shape index (κ2) is 4.09. The predicted octanol–water partition coefficient (Wildman–Crippen LogP) is 1.28. The first-order valence-corrected chi connectivity index (χ1v) is 4.95. The van der Waals surface area contributed by atoms with E-state index in [9.17, 15) is 4.79 Å². The number of carbonyl (C=O) groups is 1. The van der Waals surface area contributed by atoms with Gasteiger partial charge in [0, 0.05) is 19.1 Å². The summed E-state index contributed by atoms with van der Waals surface area (Å²) in [5.74, 6) is -0.0819. The van der Waals surface area contributed by atoms with Crippen molar-refractivity contribution in [1.82, 2.24) is 4.90 Å². The second-order valence-corrected chi connectivity index (χ2v) is 4.26. The molecular formula is C10H19NO2. The highest BCUT2D eigenvalue weighted by atomic mass is 16.5. The van der Waals surface area contributed by atoms with E-state index < -0.39 is 0 Å². The van der Waals surface area contributed by atoms with Gasteiger partial charge < -0.3 is 4.74 Å². The standard InChI is InChI=1S/C10H19NO2/c1-7(2)10(12)13-9-5-11(6-9)8(3)4/h7-9H,5-6H2,1-4H3. The fourth-order valence-corrected chi connectivity index (χ4v) is 1.27. The molecule has 0 N–H and O–H groups in total. The largest absolute Gasteiger partial charge is 0.459 e.